The number of carbonyl (C=O) groups excluding carboxylic acids is 4. The van der Waals surface area contributed by atoms with Crippen LogP contribution < -0.4 is 21.7 Å². The van der Waals surface area contributed by atoms with Crippen molar-refractivity contribution in [3.05, 3.63) is 35.9 Å². The number of hydrogen-bond acceptors (Lipinski definition) is 6. The van der Waals surface area contributed by atoms with Gasteiger partial charge in [-0.3, -0.25) is 9.59 Å². The number of benzene rings is 1. The Hall–Kier alpha value is -2.94. The summed E-state index contributed by atoms with van der Waals surface area (Å²) in [7, 11) is 0. The maximum absolute atomic E-state index is 12.9. The van der Waals surface area contributed by atoms with Crippen molar-refractivity contribution in [2.75, 3.05) is 6.54 Å². The summed E-state index contributed by atoms with van der Waals surface area (Å²) in [4.78, 5) is 48.7. The van der Waals surface area contributed by atoms with Gasteiger partial charge in [0.05, 0.1) is 12.1 Å². The Kier molecular flexibility index (Phi) is 13.5. The Bertz CT molecular complexity index is 772. The molecule has 0 spiro atoms. The maximum Gasteiger partial charge on any atom is 0.407 e. The van der Waals surface area contributed by atoms with Crippen LogP contribution in [0.4, 0.5) is 4.79 Å². The Morgan fingerprint density at radius 3 is 2.32 bits per heavy atom. The number of aldehydes is 1. The number of rotatable bonds is 15. The van der Waals surface area contributed by atoms with Gasteiger partial charge in [-0.2, -0.15) is 0 Å². The van der Waals surface area contributed by atoms with E-state index in [1.54, 1.807) is 0 Å². The van der Waals surface area contributed by atoms with E-state index in [1.165, 1.54) is 0 Å². The fraction of sp³-hybridized carbons (Fsp3) is 0.600. The highest BCUT2D eigenvalue weighted by molar-refractivity contribution is 5.90. The molecular formula is C25H40N4O5. The molecule has 3 amide bonds. The van der Waals surface area contributed by atoms with Gasteiger partial charge in [0.2, 0.25) is 11.8 Å². The van der Waals surface area contributed by atoms with Gasteiger partial charge in [0.15, 0.2) is 0 Å². The third-order valence-electron chi connectivity index (χ3n) is 5.56. The van der Waals surface area contributed by atoms with Crippen LogP contribution in [0.5, 0.6) is 0 Å². The predicted molar refractivity (Wildman–Crippen MR) is 131 cm³/mol. The summed E-state index contributed by atoms with van der Waals surface area (Å²) in [6, 6.07) is 7.05. The average molecular weight is 477 g/mol. The molecule has 34 heavy (non-hydrogen) atoms. The smallest absolute Gasteiger partial charge is 0.407 e. The molecular weight excluding hydrogens is 436 g/mol. The molecule has 190 valence electrons. The average Bonchev–Trinajstić information content (AvgIpc) is 2.82. The summed E-state index contributed by atoms with van der Waals surface area (Å²) in [6.45, 7) is 8.13. The largest absolute Gasteiger partial charge is 0.445 e. The number of nitrogens with two attached hydrogens (primary N) is 1. The minimum absolute atomic E-state index is 0.0398. The highest BCUT2D eigenvalue weighted by Gasteiger charge is 2.27. The minimum Gasteiger partial charge on any atom is -0.445 e. The Labute approximate surface area is 202 Å². The number of carbonyl (C=O) groups is 4. The molecule has 9 heteroatoms. The van der Waals surface area contributed by atoms with Crippen molar-refractivity contribution in [1.29, 1.82) is 0 Å². The van der Waals surface area contributed by atoms with Gasteiger partial charge in [-0.1, -0.05) is 64.4 Å². The van der Waals surface area contributed by atoms with Crippen molar-refractivity contribution in [3.8, 4) is 0 Å². The normalized spacial score (nSPS) is 14.4. The van der Waals surface area contributed by atoms with Crippen molar-refractivity contribution in [2.45, 2.75) is 78.1 Å². The molecule has 1 rings (SSSR count). The van der Waals surface area contributed by atoms with E-state index in [2.05, 4.69) is 16.0 Å². The molecule has 4 atom stereocenters. The molecule has 9 nitrogen and oxygen atoms in total. The van der Waals surface area contributed by atoms with E-state index in [0.29, 0.717) is 19.1 Å². The van der Waals surface area contributed by atoms with Crippen LogP contribution in [0.2, 0.25) is 0 Å². The molecule has 0 heterocycles. The first kappa shape index (κ1) is 29.1. The number of ether oxygens (including phenoxy) is 1. The first-order valence-electron chi connectivity index (χ1n) is 11.9. The SMILES string of the molecule is CC[C@H](C)[C@@H](C=O)NC(=O)[C@@H](CCCNC(=O)OCc1ccccc1)NC(=O)[C@@H](N)CC(C)C. The van der Waals surface area contributed by atoms with E-state index in [0.717, 1.165) is 12.0 Å². The van der Waals surface area contributed by atoms with Crippen LogP contribution in [0, 0.1) is 11.8 Å². The van der Waals surface area contributed by atoms with Gasteiger partial charge in [-0.15, -0.1) is 0 Å². The number of hydrogen-bond donors (Lipinski definition) is 4. The van der Waals surface area contributed by atoms with Gasteiger partial charge in [0, 0.05) is 6.54 Å². The lowest BCUT2D eigenvalue weighted by Crippen LogP contribution is -2.54. The lowest BCUT2D eigenvalue weighted by Gasteiger charge is -2.25. The topological polar surface area (TPSA) is 140 Å². The van der Waals surface area contributed by atoms with Gasteiger partial charge in [0.25, 0.3) is 0 Å². The van der Waals surface area contributed by atoms with Crippen molar-refractivity contribution >= 4 is 24.2 Å². The lowest BCUT2D eigenvalue weighted by atomic mass is 9.99. The lowest BCUT2D eigenvalue weighted by molar-refractivity contribution is -0.131. The molecule has 1 aromatic rings. The summed E-state index contributed by atoms with van der Waals surface area (Å²) in [5.41, 5.74) is 6.84. The van der Waals surface area contributed by atoms with E-state index in [4.69, 9.17) is 10.5 Å². The second kappa shape index (κ2) is 15.8. The van der Waals surface area contributed by atoms with Crippen LogP contribution in [0.1, 0.15) is 58.9 Å². The standard InChI is InChI=1S/C25H40N4O5/c1-5-18(4)22(15-30)29-24(32)21(28-23(31)20(26)14-17(2)3)12-9-13-27-25(33)34-16-19-10-7-6-8-11-19/h6-8,10-11,15,17-18,20-22H,5,9,12-14,16,26H2,1-4H3,(H,27,33)(H,28,31)(H,29,32)/t18-,20-,21+,22+/m0/s1. The van der Waals surface area contributed by atoms with E-state index in [-0.39, 0.29) is 31.4 Å². The molecule has 0 radical (unpaired) electrons. The van der Waals surface area contributed by atoms with Gasteiger partial charge >= 0.3 is 6.09 Å². The highest BCUT2D eigenvalue weighted by atomic mass is 16.5. The van der Waals surface area contributed by atoms with Crippen molar-refractivity contribution in [1.82, 2.24) is 16.0 Å². The summed E-state index contributed by atoms with van der Waals surface area (Å²) in [6.07, 6.45) is 2.02. The maximum atomic E-state index is 12.9. The summed E-state index contributed by atoms with van der Waals surface area (Å²) < 4.78 is 5.17. The van der Waals surface area contributed by atoms with Crippen molar-refractivity contribution in [3.63, 3.8) is 0 Å². The molecule has 0 aliphatic carbocycles. The molecule has 1 aromatic carbocycles. The fourth-order valence-corrected chi connectivity index (χ4v) is 3.26. The summed E-state index contributed by atoms with van der Waals surface area (Å²) in [5, 5.41) is 8.07. The van der Waals surface area contributed by atoms with Gasteiger partial charge in [-0.25, -0.2) is 4.79 Å². The van der Waals surface area contributed by atoms with Crippen molar-refractivity contribution < 1.29 is 23.9 Å². The van der Waals surface area contributed by atoms with Crippen LogP contribution in [-0.4, -0.2) is 48.9 Å². The quantitative estimate of drug-likeness (QED) is 0.226. The Balaban J connectivity index is 2.63. The molecule has 0 saturated carbocycles. The van der Waals surface area contributed by atoms with Crippen LogP contribution in [-0.2, 0) is 25.7 Å². The van der Waals surface area contributed by atoms with Gasteiger partial charge in [-0.05, 0) is 36.7 Å². The molecule has 0 aromatic heterocycles. The molecule has 0 bridgehead atoms. The summed E-state index contributed by atoms with van der Waals surface area (Å²) >= 11 is 0. The second-order valence-electron chi connectivity index (χ2n) is 8.98. The molecule has 0 aliphatic rings. The molecule has 0 aliphatic heterocycles. The number of amides is 3. The van der Waals surface area contributed by atoms with E-state index < -0.39 is 36.0 Å². The Morgan fingerprint density at radius 2 is 1.74 bits per heavy atom. The zero-order chi connectivity index (χ0) is 25.5. The van der Waals surface area contributed by atoms with Crippen LogP contribution >= 0.6 is 0 Å². The molecule has 0 unspecified atom stereocenters. The highest BCUT2D eigenvalue weighted by Crippen LogP contribution is 2.08. The van der Waals surface area contributed by atoms with Crippen LogP contribution in [0.25, 0.3) is 0 Å². The van der Waals surface area contributed by atoms with Crippen LogP contribution in [0.3, 0.4) is 0 Å². The number of alkyl carbamates (subject to hydrolysis) is 1. The Morgan fingerprint density at radius 1 is 1.06 bits per heavy atom. The van der Waals surface area contributed by atoms with Gasteiger partial charge < -0.3 is 31.2 Å². The van der Waals surface area contributed by atoms with Gasteiger partial charge in [0.1, 0.15) is 18.9 Å². The van der Waals surface area contributed by atoms with E-state index in [9.17, 15) is 19.2 Å². The first-order valence-corrected chi connectivity index (χ1v) is 11.9. The minimum atomic E-state index is -0.876. The molecule has 0 saturated heterocycles. The summed E-state index contributed by atoms with van der Waals surface area (Å²) in [5.74, 6) is -0.685. The van der Waals surface area contributed by atoms with Crippen molar-refractivity contribution in [2.24, 2.45) is 17.6 Å². The molecule has 0 fully saturated rings. The molecule has 5 N–H and O–H groups in total. The monoisotopic (exact) mass is 476 g/mol. The second-order valence-corrected chi connectivity index (χ2v) is 8.98. The zero-order valence-electron chi connectivity index (χ0n) is 20.7. The third kappa shape index (κ3) is 11.3. The van der Waals surface area contributed by atoms with E-state index >= 15 is 0 Å². The van der Waals surface area contributed by atoms with E-state index in [1.807, 2.05) is 58.0 Å². The fourth-order valence-electron chi connectivity index (χ4n) is 3.26. The zero-order valence-corrected chi connectivity index (χ0v) is 20.7. The number of nitrogens with one attached hydrogen (secondary N) is 3. The third-order valence-corrected chi connectivity index (χ3v) is 5.56. The predicted octanol–water partition coefficient (Wildman–Crippen LogP) is 2.28. The first-order chi connectivity index (χ1) is 16.2. The van der Waals surface area contributed by atoms with Crippen LogP contribution in [0.15, 0.2) is 30.3 Å².